The predicted octanol–water partition coefficient (Wildman–Crippen LogP) is 5.58. The first-order valence-corrected chi connectivity index (χ1v) is 10.7. The Morgan fingerprint density at radius 1 is 0.971 bits per heavy atom. The van der Waals surface area contributed by atoms with Crippen LogP contribution in [0.5, 0.6) is 0 Å². The van der Waals surface area contributed by atoms with Crippen LogP contribution in [-0.4, -0.2) is 23.6 Å². The van der Waals surface area contributed by atoms with Crippen LogP contribution < -0.4 is 5.32 Å². The number of methoxy groups -OCH3 is 1. The first-order valence-electron chi connectivity index (χ1n) is 10.7. The summed E-state index contributed by atoms with van der Waals surface area (Å²) in [4.78, 5) is 24.8. The van der Waals surface area contributed by atoms with Crippen LogP contribution in [0.4, 0.5) is 5.69 Å². The highest BCUT2D eigenvalue weighted by Crippen LogP contribution is 2.24. The number of aromatic nitrogens is 1. The van der Waals surface area contributed by atoms with Gasteiger partial charge in [-0.15, -0.1) is 0 Å². The first kappa shape index (κ1) is 22.6. The molecule has 6 heteroatoms. The van der Waals surface area contributed by atoms with Crippen LogP contribution in [0.25, 0.3) is 22.5 Å². The number of carbonyl (C=O) groups is 2. The number of ether oxygens (including phenoxy) is 1. The Balaban J connectivity index is 1.64. The monoisotopic (exact) mass is 449 g/mol. The molecule has 0 spiro atoms. The minimum absolute atomic E-state index is 0.00304. The summed E-state index contributed by atoms with van der Waals surface area (Å²) in [5, 5.41) is 14.6. The van der Waals surface area contributed by atoms with Crippen molar-refractivity contribution in [2.45, 2.75) is 13.8 Å². The van der Waals surface area contributed by atoms with Gasteiger partial charge in [0.2, 0.25) is 0 Å². The number of benzene rings is 3. The number of hydrogen-bond acceptors (Lipinski definition) is 4. The second-order valence-corrected chi connectivity index (χ2v) is 7.89. The van der Waals surface area contributed by atoms with Crippen molar-refractivity contribution in [2.75, 3.05) is 12.4 Å². The molecule has 0 saturated carbocycles. The number of nitriles is 1. The van der Waals surface area contributed by atoms with Crippen LogP contribution in [0.15, 0.2) is 78.4 Å². The number of esters is 1. The van der Waals surface area contributed by atoms with Gasteiger partial charge in [-0.1, -0.05) is 36.4 Å². The largest absolute Gasteiger partial charge is 0.465 e. The summed E-state index contributed by atoms with van der Waals surface area (Å²) in [7, 11) is 1.34. The summed E-state index contributed by atoms with van der Waals surface area (Å²) in [6.45, 7) is 3.83. The van der Waals surface area contributed by atoms with Gasteiger partial charge in [-0.05, 0) is 72.7 Å². The Morgan fingerprint density at radius 2 is 1.74 bits per heavy atom. The highest BCUT2D eigenvalue weighted by atomic mass is 16.5. The van der Waals surface area contributed by atoms with Gasteiger partial charge in [0.15, 0.2) is 0 Å². The van der Waals surface area contributed by atoms with Gasteiger partial charge in [0.05, 0.1) is 12.7 Å². The Labute approximate surface area is 197 Å². The van der Waals surface area contributed by atoms with Crippen LogP contribution in [0.3, 0.4) is 0 Å². The second-order valence-electron chi connectivity index (χ2n) is 7.89. The standard InChI is InChI=1S/C28H23N3O3/c1-18-13-23(19(2)31(18)26-10-6-9-22(16-26)28(33)34-3)14-24(17-29)27(32)30-25-12-11-20-7-4-5-8-21(20)15-25/h4-16H,1-3H3,(H,30,32)/b24-14+. The third-order valence-electron chi connectivity index (χ3n) is 5.67. The average Bonchev–Trinajstić information content (AvgIpc) is 3.14. The number of nitrogens with one attached hydrogen (secondary N) is 1. The molecular formula is C28H23N3O3. The van der Waals surface area contributed by atoms with Crippen LogP contribution in [0, 0.1) is 25.2 Å². The molecule has 1 aromatic heterocycles. The van der Waals surface area contributed by atoms with E-state index in [4.69, 9.17) is 4.74 Å². The van der Waals surface area contributed by atoms with E-state index < -0.39 is 11.9 Å². The number of aryl methyl sites for hydroxylation is 1. The van der Waals surface area contributed by atoms with Crippen molar-refractivity contribution in [3.8, 4) is 11.8 Å². The minimum atomic E-state index is -0.477. The Kier molecular flexibility index (Phi) is 6.28. The Hall–Kier alpha value is -4.63. The Morgan fingerprint density at radius 3 is 2.47 bits per heavy atom. The van der Waals surface area contributed by atoms with Gasteiger partial charge in [0, 0.05) is 22.8 Å². The van der Waals surface area contributed by atoms with E-state index in [0.29, 0.717) is 11.3 Å². The van der Waals surface area contributed by atoms with E-state index in [9.17, 15) is 14.9 Å². The number of anilines is 1. The number of carbonyl (C=O) groups excluding carboxylic acids is 2. The van der Waals surface area contributed by atoms with Crippen LogP contribution >= 0.6 is 0 Å². The zero-order valence-corrected chi connectivity index (χ0v) is 19.1. The lowest BCUT2D eigenvalue weighted by Crippen LogP contribution is -2.13. The van der Waals surface area contributed by atoms with Crippen molar-refractivity contribution in [3.63, 3.8) is 0 Å². The van der Waals surface area contributed by atoms with Gasteiger partial charge in [0.1, 0.15) is 11.6 Å². The molecule has 0 bridgehead atoms. The highest BCUT2D eigenvalue weighted by molar-refractivity contribution is 6.10. The molecule has 0 atom stereocenters. The molecule has 1 amide bonds. The average molecular weight is 450 g/mol. The van der Waals surface area contributed by atoms with E-state index in [1.54, 1.807) is 24.3 Å². The molecule has 1 N–H and O–H groups in total. The minimum Gasteiger partial charge on any atom is -0.465 e. The van der Waals surface area contributed by atoms with Crippen molar-refractivity contribution < 1.29 is 14.3 Å². The summed E-state index contributed by atoms with van der Waals surface area (Å²) >= 11 is 0. The molecule has 3 aromatic carbocycles. The summed E-state index contributed by atoms with van der Waals surface area (Å²) in [5.41, 5.74) is 4.33. The van der Waals surface area contributed by atoms with Crippen LogP contribution in [0.2, 0.25) is 0 Å². The number of amides is 1. The highest BCUT2D eigenvalue weighted by Gasteiger charge is 2.15. The van der Waals surface area contributed by atoms with Gasteiger partial charge < -0.3 is 14.6 Å². The molecule has 1 heterocycles. The number of rotatable bonds is 5. The number of hydrogen-bond donors (Lipinski definition) is 1. The van der Waals surface area contributed by atoms with Gasteiger partial charge in [0.25, 0.3) is 5.91 Å². The maximum Gasteiger partial charge on any atom is 0.337 e. The fourth-order valence-corrected chi connectivity index (χ4v) is 3.99. The molecule has 6 nitrogen and oxygen atoms in total. The van der Waals surface area contributed by atoms with E-state index in [0.717, 1.165) is 33.4 Å². The molecule has 0 radical (unpaired) electrons. The van der Waals surface area contributed by atoms with Gasteiger partial charge >= 0.3 is 5.97 Å². The lowest BCUT2D eigenvalue weighted by Gasteiger charge is -2.11. The molecule has 0 aliphatic heterocycles. The van der Waals surface area contributed by atoms with E-state index in [1.165, 1.54) is 7.11 Å². The van der Waals surface area contributed by atoms with Crippen molar-refractivity contribution in [1.82, 2.24) is 4.57 Å². The third kappa shape index (κ3) is 4.45. The van der Waals surface area contributed by atoms with E-state index in [-0.39, 0.29) is 5.57 Å². The number of fused-ring (bicyclic) bond motifs is 1. The summed E-state index contributed by atoms with van der Waals surface area (Å²) in [5.74, 6) is -0.892. The topological polar surface area (TPSA) is 84.1 Å². The normalized spacial score (nSPS) is 11.2. The van der Waals surface area contributed by atoms with Crippen molar-refractivity contribution in [1.29, 1.82) is 5.26 Å². The molecule has 0 unspecified atom stereocenters. The first-order chi connectivity index (χ1) is 16.4. The van der Waals surface area contributed by atoms with E-state index in [2.05, 4.69) is 5.32 Å². The zero-order chi connectivity index (χ0) is 24.2. The zero-order valence-electron chi connectivity index (χ0n) is 19.1. The molecule has 168 valence electrons. The maximum absolute atomic E-state index is 12.8. The van der Waals surface area contributed by atoms with Crippen molar-refractivity contribution in [3.05, 3.63) is 101 Å². The summed E-state index contributed by atoms with van der Waals surface area (Å²) in [6, 6.07) is 24.5. The molecule has 0 aliphatic carbocycles. The van der Waals surface area contributed by atoms with E-state index in [1.807, 2.05) is 79.1 Å². The predicted molar refractivity (Wildman–Crippen MR) is 133 cm³/mol. The molecule has 0 aliphatic rings. The van der Waals surface area contributed by atoms with Gasteiger partial charge in [-0.25, -0.2) is 4.79 Å². The smallest absolute Gasteiger partial charge is 0.337 e. The molecule has 4 aromatic rings. The van der Waals surface area contributed by atoms with Crippen molar-refractivity contribution in [2.24, 2.45) is 0 Å². The molecule has 34 heavy (non-hydrogen) atoms. The van der Waals surface area contributed by atoms with Crippen LogP contribution in [-0.2, 0) is 9.53 Å². The second kappa shape index (κ2) is 9.47. The number of nitrogens with zero attached hydrogens (tertiary/aromatic N) is 2. The van der Waals surface area contributed by atoms with Crippen LogP contribution in [0.1, 0.15) is 27.3 Å². The molecule has 4 rings (SSSR count). The molecule has 0 fully saturated rings. The van der Waals surface area contributed by atoms with Gasteiger partial charge in [-0.3, -0.25) is 4.79 Å². The Bertz CT molecular complexity index is 1490. The maximum atomic E-state index is 12.8. The van der Waals surface area contributed by atoms with E-state index >= 15 is 0 Å². The SMILES string of the molecule is COC(=O)c1cccc(-n2c(C)cc(/C=C(\C#N)C(=O)Nc3ccc4ccccc4c3)c2C)c1. The summed E-state index contributed by atoms with van der Waals surface area (Å²) in [6.07, 6.45) is 1.58. The van der Waals surface area contributed by atoms with Crippen molar-refractivity contribution >= 4 is 34.4 Å². The fraction of sp³-hybridized carbons (Fsp3) is 0.107. The third-order valence-corrected chi connectivity index (χ3v) is 5.67. The quantitative estimate of drug-likeness (QED) is 0.245. The summed E-state index contributed by atoms with van der Waals surface area (Å²) < 4.78 is 6.79. The lowest BCUT2D eigenvalue weighted by atomic mass is 10.1. The molecule has 0 saturated heterocycles. The van der Waals surface area contributed by atoms with Gasteiger partial charge in [-0.2, -0.15) is 5.26 Å². The fourth-order valence-electron chi connectivity index (χ4n) is 3.99. The lowest BCUT2D eigenvalue weighted by molar-refractivity contribution is -0.112. The molecular weight excluding hydrogens is 426 g/mol.